The summed E-state index contributed by atoms with van der Waals surface area (Å²) in [6, 6.07) is 15.1. The monoisotopic (exact) mass is 353 g/mol. The van der Waals surface area contributed by atoms with Gasteiger partial charge in [-0.3, -0.25) is 4.79 Å². The van der Waals surface area contributed by atoms with Crippen LogP contribution >= 0.6 is 11.3 Å². The number of rotatable bonds is 3. The van der Waals surface area contributed by atoms with Gasteiger partial charge in [0.25, 0.3) is 0 Å². The Balaban J connectivity index is 1.60. The second kappa shape index (κ2) is 7.33. The lowest BCUT2D eigenvalue weighted by Gasteiger charge is -2.34. The molecule has 2 fully saturated rings. The molecular formula is C22H27NOS. The average molecular weight is 354 g/mol. The number of carbonyl (C=O) groups is 1. The van der Waals surface area contributed by atoms with Crippen LogP contribution in [-0.4, -0.2) is 23.9 Å². The van der Waals surface area contributed by atoms with Crippen LogP contribution in [0.2, 0.25) is 0 Å². The number of benzene rings is 1. The highest BCUT2D eigenvalue weighted by Crippen LogP contribution is 2.45. The van der Waals surface area contributed by atoms with Crippen molar-refractivity contribution < 1.29 is 4.79 Å². The fourth-order valence-electron chi connectivity index (χ4n) is 4.72. The lowest BCUT2D eigenvalue weighted by atomic mass is 9.82. The minimum Gasteiger partial charge on any atom is -0.341 e. The topological polar surface area (TPSA) is 20.3 Å². The molecule has 3 heteroatoms. The molecule has 0 bridgehead atoms. The molecule has 2 aliphatic rings. The largest absolute Gasteiger partial charge is 0.341 e. The van der Waals surface area contributed by atoms with Crippen molar-refractivity contribution in [1.29, 1.82) is 0 Å². The van der Waals surface area contributed by atoms with E-state index < -0.39 is 0 Å². The summed E-state index contributed by atoms with van der Waals surface area (Å²) < 4.78 is 0. The molecule has 1 aliphatic carbocycles. The summed E-state index contributed by atoms with van der Waals surface area (Å²) in [5.41, 5.74) is 1.15. The normalized spacial score (nSPS) is 23.4. The highest BCUT2D eigenvalue weighted by atomic mass is 32.1. The maximum Gasteiger partial charge on any atom is 0.234 e. The Hall–Kier alpha value is -1.61. The first-order valence-corrected chi connectivity index (χ1v) is 10.6. The fourth-order valence-corrected chi connectivity index (χ4v) is 5.70. The second-order valence-electron chi connectivity index (χ2n) is 7.62. The van der Waals surface area contributed by atoms with E-state index in [9.17, 15) is 4.79 Å². The lowest BCUT2D eigenvalue weighted by Crippen LogP contribution is -2.46. The van der Waals surface area contributed by atoms with Crippen molar-refractivity contribution in [1.82, 2.24) is 4.90 Å². The molecule has 1 atom stereocenters. The number of thiophene rings is 1. The van der Waals surface area contributed by atoms with Crippen molar-refractivity contribution in [3.8, 4) is 0 Å². The maximum atomic E-state index is 13.7. The molecule has 0 N–H and O–H groups in total. The van der Waals surface area contributed by atoms with Gasteiger partial charge in [-0.2, -0.15) is 0 Å². The minimum absolute atomic E-state index is 0.236. The Morgan fingerprint density at radius 2 is 1.80 bits per heavy atom. The number of amides is 1. The van der Waals surface area contributed by atoms with E-state index in [1.165, 1.54) is 36.1 Å². The summed E-state index contributed by atoms with van der Waals surface area (Å²) in [4.78, 5) is 17.2. The maximum absolute atomic E-state index is 13.7. The number of hydrogen-bond donors (Lipinski definition) is 0. The van der Waals surface area contributed by atoms with Crippen molar-refractivity contribution >= 4 is 17.2 Å². The summed E-state index contributed by atoms with van der Waals surface area (Å²) in [6.45, 7) is 1.81. The van der Waals surface area contributed by atoms with Crippen LogP contribution < -0.4 is 0 Å². The second-order valence-corrected chi connectivity index (χ2v) is 8.57. The Bertz CT molecular complexity index is 688. The third-order valence-electron chi connectivity index (χ3n) is 6.09. The molecule has 4 rings (SSSR count). The molecule has 1 saturated carbocycles. The van der Waals surface area contributed by atoms with E-state index in [2.05, 4.69) is 52.7 Å². The van der Waals surface area contributed by atoms with Crippen LogP contribution in [0.3, 0.4) is 0 Å². The number of hydrogen-bond acceptors (Lipinski definition) is 2. The van der Waals surface area contributed by atoms with Crippen LogP contribution in [-0.2, 0) is 10.2 Å². The van der Waals surface area contributed by atoms with Gasteiger partial charge in [0.15, 0.2) is 0 Å². The molecule has 132 valence electrons. The standard InChI is InChI=1S/C22H27NOS/c24-21(22(13-5-6-14-22)20-12-8-16-25-20)23-15-7-4-11-19(17-23)18-9-2-1-3-10-18/h1-3,8-10,12,16,19H,4-7,11,13-15,17H2. The van der Waals surface area contributed by atoms with Gasteiger partial charge in [0, 0.05) is 23.9 Å². The van der Waals surface area contributed by atoms with Gasteiger partial charge in [0.05, 0.1) is 5.41 Å². The number of carbonyl (C=O) groups excluding carboxylic acids is 1. The summed E-state index contributed by atoms with van der Waals surface area (Å²) in [7, 11) is 0. The van der Waals surface area contributed by atoms with Crippen molar-refractivity contribution in [2.24, 2.45) is 0 Å². The number of nitrogens with zero attached hydrogens (tertiary/aromatic N) is 1. The first kappa shape index (κ1) is 16.8. The van der Waals surface area contributed by atoms with E-state index in [1.54, 1.807) is 11.3 Å². The van der Waals surface area contributed by atoms with Crippen molar-refractivity contribution in [2.45, 2.75) is 56.3 Å². The van der Waals surface area contributed by atoms with E-state index in [-0.39, 0.29) is 5.41 Å². The van der Waals surface area contributed by atoms with Crippen molar-refractivity contribution in [3.05, 3.63) is 58.3 Å². The lowest BCUT2D eigenvalue weighted by molar-refractivity contribution is -0.137. The molecular weight excluding hydrogens is 326 g/mol. The molecule has 1 aliphatic heterocycles. The molecule has 1 saturated heterocycles. The van der Waals surface area contributed by atoms with Crippen molar-refractivity contribution in [2.75, 3.05) is 13.1 Å². The number of likely N-dealkylation sites (tertiary alicyclic amines) is 1. The Kier molecular flexibility index (Phi) is 4.93. The minimum atomic E-state index is -0.236. The molecule has 1 unspecified atom stereocenters. The van der Waals surface area contributed by atoms with Gasteiger partial charge in [-0.05, 0) is 42.7 Å². The van der Waals surface area contributed by atoms with E-state index >= 15 is 0 Å². The van der Waals surface area contributed by atoms with Crippen molar-refractivity contribution in [3.63, 3.8) is 0 Å². The highest BCUT2D eigenvalue weighted by molar-refractivity contribution is 7.10. The van der Waals surface area contributed by atoms with E-state index in [0.717, 1.165) is 32.4 Å². The highest BCUT2D eigenvalue weighted by Gasteiger charge is 2.46. The molecule has 2 nitrogen and oxygen atoms in total. The van der Waals surface area contributed by atoms with Crippen LogP contribution in [0.25, 0.3) is 0 Å². The Morgan fingerprint density at radius 1 is 1.00 bits per heavy atom. The van der Waals surface area contributed by atoms with Crippen LogP contribution in [0.5, 0.6) is 0 Å². The zero-order chi connectivity index (χ0) is 17.1. The third kappa shape index (κ3) is 3.27. The summed E-state index contributed by atoms with van der Waals surface area (Å²) in [5, 5.41) is 2.12. The molecule has 1 aromatic carbocycles. The van der Waals surface area contributed by atoms with Crippen LogP contribution in [0.15, 0.2) is 47.8 Å². The molecule has 2 heterocycles. The summed E-state index contributed by atoms with van der Waals surface area (Å²) >= 11 is 1.77. The van der Waals surface area contributed by atoms with Gasteiger partial charge in [0.2, 0.25) is 5.91 Å². The van der Waals surface area contributed by atoms with Gasteiger partial charge in [0.1, 0.15) is 0 Å². The quantitative estimate of drug-likeness (QED) is 0.728. The van der Waals surface area contributed by atoms with Gasteiger partial charge in [-0.25, -0.2) is 0 Å². The van der Waals surface area contributed by atoms with Crippen LogP contribution in [0.4, 0.5) is 0 Å². The third-order valence-corrected chi connectivity index (χ3v) is 7.16. The van der Waals surface area contributed by atoms with E-state index in [0.29, 0.717) is 11.8 Å². The predicted octanol–water partition coefficient (Wildman–Crippen LogP) is 5.36. The summed E-state index contributed by atoms with van der Waals surface area (Å²) in [6.07, 6.45) is 7.96. The first-order chi connectivity index (χ1) is 12.3. The molecule has 0 spiro atoms. The Labute approximate surface area is 154 Å². The fraction of sp³-hybridized carbons (Fsp3) is 0.500. The smallest absolute Gasteiger partial charge is 0.234 e. The molecule has 2 aromatic rings. The van der Waals surface area contributed by atoms with Gasteiger partial charge in [-0.1, -0.05) is 55.7 Å². The SMILES string of the molecule is O=C(N1CCCCC(c2ccccc2)C1)C1(c2cccs2)CCCC1. The zero-order valence-electron chi connectivity index (χ0n) is 14.8. The average Bonchev–Trinajstić information content (AvgIpc) is 3.30. The zero-order valence-corrected chi connectivity index (χ0v) is 15.6. The predicted molar refractivity (Wildman–Crippen MR) is 104 cm³/mol. The summed E-state index contributed by atoms with van der Waals surface area (Å²) in [5.74, 6) is 0.879. The van der Waals surface area contributed by atoms with Gasteiger partial charge >= 0.3 is 0 Å². The molecule has 1 amide bonds. The molecule has 25 heavy (non-hydrogen) atoms. The van der Waals surface area contributed by atoms with Crippen LogP contribution in [0, 0.1) is 0 Å². The van der Waals surface area contributed by atoms with Crippen LogP contribution in [0.1, 0.15) is 61.3 Å². The van der Waals surface area contributed by atoms with Gasteiger partial charge < -0.3 is 4.90 Å². The molecule has 0 radical (unpaired) electrons. The molecule has 1 aromatic heterocycles. The first-order valence-electron chi connectivity index (χ1n) is 9.68. The van der Waals surface area contributed by atoms with E-state index in [1.807, 2.05) is 0 Å². The van der Waals surface area contributed by atoms with Gasteiger partial charge in [-0.15, -0.1) is 11.3 Å². The Morgan fingerprint density at radius 3 is 2.52 bits per heavy atom. The van der Waals surface area contributed by atoms with E-state index in [4.69, 9.17) is 0 Å².